The molecule has 1 aromatic carbocycles. The molecule has 1 N–H and O–H groups in total. The second-order valence-corrected chi connectivity index (χ2v) is 10.7. The Morgan fingerprint density at radius 2 is 2.03 bits per heavy atom. The third-order valence-corrected chi connectivity index (χ3v) is 6.91. The Morgan fingerprint density at radius 1 is 1.22 bits per heavy atom. The van der Waals surface area contributed by atoms with Gasteiger partial charge in [-0.05, 0) is 71.7 Å². The summed E-state index contributed by atoms with van der Waals surface area (Å²) in [6.07, 6.45) is 6.19. The first-order valence-corrected chi connectivity index (χ1v) is 13.4. The van der Waals surface area contributed by atoms with Gasteiger partial charge in [0.1, 0.15) is 18.1 Å². The molecular formula is C28H36ClN5O3. The van der Waals surface area contributed by atoms with Gasteiger partial charge in [-0.15, -0.1) is 0 Å². The number of rotatable bonds is 9. The lowest BCUT2D eigenvalue weighted by molar-refractivity contribution is -0.122. The number of carbonyl (C=O) groups is 1. The molecule has 1 unspecified atom stereocenters. The van der Waals surface area contributed by atoms with Crippen LogP contribution in [0.2, 0.25) is 5.02 Å². The highest BCUT2D eigenvalue weighted by Gasteiger charge is 2.24. The summed E-state index contributed by atoms with van der Waals surface area (Å²) in [6.45, 7) is 9.73. The molecule has 0 bridgehead atoms. The van der Waals surface area contributed by atoms with Gasteiger partial charge in [-0.1, -0.05) is 30.2 Å². The van der Waals surface area contributed by atoms with Gasteiger partial charge in [0.25, 0.3) is 5.56 Å². The molecule has 37 heavy (non-hydrogen) atoms. The summed E-state index contributed by atoms with van der Waals surface area (Å²) >= 11 is 6.20. The summed E-state index contributed by atoms with van der Waals surface area (Å²) in [6, 6.07) is 9.69. The van der Waals surface area contributed by atoms with Gasteiger partial charge in [-0.2, -0.15) is 0 Å². The van der Waals surface area contributed by atoms with Crippen molar-refractivity contribution in [2.24, 2.45) is 0 Å². The molecule has 1 aliphatic heterocycles. The van der Waals surface area contributed by atoms with Crippen molar-refractivity contribution in [3.8, 4) is 17.1 Å². The van der Waals surface area contributed by atoms with Crippen molar-refractivity contribution in [2.75, 3.05) is 13.2 Å². The van der Waals surface area contributed by atoms with Crippen LogP contribution in [0.4, 0.5) is 0 Å². The molecular weight excluding hydrogens is 490 g/mol. The van der Waals surface area contributed by atoms with E-state index in [1.54, 1.807) is 36.5 Å². The summed E-state index contributed by atoms with van der Waals surface area (Å²) in [7, 11) is 0. The molecule has 9 heteroatoms. The molecule has 3 heterocycles. The topological polar surface area (TPSA) is 89.3 Å². The second-order valence-electron chi connectivity index (χ2n) is 10.2. The molecule has 0 aliphatic carbocycles. The van der Waals surface area contributed by atoms with Crippen LogP contribution >= 0.6 is 11.6 Å². The third kappa shape index (κ3) is 6.67. The maximum absolute atomic E-state index is 13.6. The van der Waals surface area contributed by atoms with E-state index in [0.717, 1.165) is 13.0 Å². The molecule has 3 aromatic rings. The number of hydrogen-bond donors (Lipinski definition) is 1. The van der Waals surface area contributed by atoms with E-state index in [2.05, 4.69) is 34.0 Å². The fourth-order valence-corrected chi connectivity index (χ4v) is 5.19. The number of hydrogen-bond acceptors (Lipinski definition) is 6. The van der Waals surface area contributed by atoms with Crippen molar-refractivity contribution in [1.82, 2.24) is 24.8 Å². The molecule has 198 valence electrons. The zero-order chi connectivity index (χ0) is 26.5. The number of piperidine rings is 1. The standard InChI is InChI=1S/C28H36ClN5O3/c1-18(2)31-25(35)17-34-27(20-8-7-9-21(29)14-20)32-26-24(28(34)36)15-23(16-30-26)37-13-11-22-10-5-6-12-33(22)19(3)4/h7-9,14-16,18-19,22H,5-6,10-13,17H2,1-4H3,(H,31,35). The molecule has 2 aromatic heterocycles. The van der Waals surface area contributed by atoms with Crippen LogP contribution in [0.25, 0.3) is 22.4 Å². The van der Waals surface area contributed by atoms with Crippen LogP contribution < -0.4 is 15.6 Å². The zero-order valence-electron chi connectivity index (χ0n) is 22.0. The van der Waals surface area contributed by atoms with Gasteiger partial charge in [-0.25, -0.2) is 9.97 Å². The number of carbonyl (C=O) groups excluding carboxylic acids is 1. The molecule has 8 nitrogen and oxygen atoms in total. The number of pyridine rings is 1. The van der Waals surface area contributed by atoms with E-state index in [1.807, 2.05) is 13.8 Å². The number of aromatic nitrogens is 3. The van der Waals surface area contributed by atoms with Crippen molar-refractivity contribution in [3.05, 3.63) is 51.9 Å². The summed E-state index contributed by atoms with van der Waals surface area (Å²) in [5.41, 5.74) is 0.578. The predicted octanol–water partition coefficient (Wildman–Crippen LogP) is 4.67. The third-order valence-electron chi connectivity index (χ3n) is 6.67. The molecule has 4 rings (SSSR count). The van der Waals surface area contributed by atoms with E-state index in [-0.39, 0.29) is 24.1 Å². The summed E-state index contributed by atoms with van der Waals surface area (Å²) in [4.78, 5) is 37.9. The van der Waals surface area contributed by atoms with Crippen molar-refractivity contribution in [2.45, 2.75) is 78.0 Å². The maximum atomic E-state index is 13.6. The number of nitrogens with zero attached hydrogens (tertiary/aromatic N) is 4. The van der Waals surface area contributed by atoms with Crippen molar-refractivity contribution in [3.63, 3.8) is 0 Å². The van der Waals surface area contributed by atoms with E-state index in [4.69, 9.17) is 16.3 Å². The SMILES string of the molecule is CC(C)NC(=O)Cn1c(-c2cccc(Cl)c2)nc2ncc(OCCC3CCCCN3C(C)C)cc2c1=O. The monoisotopic (exact) mass is 525 g/mol. The molecule has 1 amide bonds. The Morgan fingerprint density at radius 3 is 2.76 bits per heavy atom. The lowest BCUT2D eigenvalue weighted by atomic mass is 9.98. The maximum Gasteiger partial charge on any atom is 0.263 e. The number of nitrogens with one attached hydrogen (secondary N) is 1. The first-order valence-electron chi connectivity index (χ1n) is 13.1. The summed E-state index contributed by atoms with van der Waals surface area (Å²) < 4.78 is 7.42. The van der Waals surface area contributed by atoms with Crippen molar-refractivity contribution < 1.29 is 9.53 Å². The first-order chi connectivity index (χ1) is 17.7. The highest BCUT2D eigenvalue weighted by molar-refractivity contribution is 6.30. The van der Waals surface area contributed by atoms with Gasteiger partial charge < -0.3 is 10.1 Å². The zero-order valence-corrected chi connectivity index (χ0v) is 22.8. The van der Waals surface area contributed by atoms with Crippen molar-refractivity contribution in [1.29, 1.82) is 0 Å². The lowest BCUT2D eigenvalue weighted by Gasteiger charge is -2.38. The van der Waals surface area contributed by atoms with Gasteiger partial charge in [0.15, 0.2) is 5.65 Å². The first kappa shape index (κ1) is 27.1. The molecule has 1 fully saturated rings. The molecule has 0 saturated carbocycles. The highest BCUT2D eigenvalue weighted by atomic mass is 35.5. The number of halogens is 1. The minimum absolute atomic E-state index is 0.0521. The van der Waals surface area contributed by atoms with Gasteiger partial charge in [0.2, 0.25) is 5.91 Å². The molecule has 1 aliphatic rings. The lowest BCUT2D eigenvalue weighted by Crippen LogP contribution is -2.44. The van der Waals surface area contributed by atoms with E-state index < -0.39 is 0 Å². The van der Waals surface area contributed by atoms with Crippen LogP contribution in [0, 0.1) is 0 Å². The van der Waals surface area contributed by atoms with E-state index in [0.29, 0.717) is 51.9 Å². The Balaban J connectivity index is 1.62. The Labute approximate surface area is 223 Å². The fourth-order valence-electron chi connectivity index (χ4n) is 5.00. The number of ether oxygens (including phenoxy) is 1. The molecule has 1 saturated heterocycles. The average Bonchev–Trinajstić information content (AvgIpc) is 2.85. The molecule has 0 spiro atoms. The van der Waals surface area contributed by atoms with Crippen LogP contribution in [0.3, 0.4) is 0 Å². The van der Waals surface area contributed by atoms with Gasteiger partial charge >= 0.3 is 0 Å². The number of benzene rings is 1. The van der Waals surface area contributed by atoms with Crippen molar-refractivity contribution >= 4 is 28.5 Å². The Bertz CT molecular complexity index is 1310. The quantitative estimate of drug-likeness (QED) is 0.437. The van der Waals surface area contributed by atoms with Crippen LogP contribution in [-0.2, 0) is 11.3 Å². The van der Waals surface area contributed by atoms with E-state index in [1.165, 1.54) is 23.8 Å². The minimum Gasteiger partial charge on any atom is -0.492 e. The second kappa shape index (κ2) is 12.0. The number of amides is 1. The normalized spacial score (nSPS) is 16.5. The van der Waals surface area contributed by atoms with Crippen LogP contribution in [0.1, 0.15) is 53.4 Å². The minimum atomic E-state index is -0.352. The molecule has 1 atom stereocenters. The summed E-state index contributed by atoms with van der Waals surface area (Å²) in [5, 5.41) is 3.66. The van der Waals surface area contributed by atoms with Crippen LogP contribution in [0.5, 0.6) is 5.75 Å². The Kier molecular flexibility index (Phi) is 8.82. The van der Waals surface area contributed by atoms with Crippen LogP contribution in [0.15, 0.2) is 41.3 Å². The highest BCUT2D eigenvalue weighted by Crippen LogP contribution is 2.25. The van der Waals surface area contributed by atoms with Crippen LogP contribution in [-0.4, -0.2) is 56.6 Å². The van der Waals surface area contributed by atoms with E-state index in [9.17, 15) is 9.59 Å². The number of likely N-dealkylation sites (tertiary alicyclic amines) is 1. The fraction of sp³-hybridized carbons (Fsp3) is 0.500. The van der Waals surface area contributed by atoms with E-state index >= 15 is 0 Å². The number of fused-ring (bicyclic) bond motifs is 1. The summed E-state index contributed by atoms with van der Waals surface area (Å²) in [5.74, 6) is 0.585. The Hall–Kier alpha value is -2.97. The van der Waals surface area contributed by atoms with Gasteiger partial charge in [0, 0.05) is 28.7 Å². The smallest absolute Gasteiger partial charge is 0.263 e. The largest absolute Gasteiger partial charge is 0.492 e. The predicted molar refractivity (Wildman–Crippen MR) is 147 cm³/mol. The molecule has 0 radical (unpaired) electrons. The van der Waals surface area contributed by atoms with Gasteiger partial charge in [-0.3, -0.25) is 19.1 Å². The average molecular weight is 526 g/mol. The van der Waals surface area contributed by atoms with Gasteiger partial charge in [0.05, 0.1) is 18.2 Å².